The number of hydrogen-bond acceptors (Lipinski definition) is 10. The van der Waals surface area contributed by atoms with Gasteiger partial charge in [-0.1, -0.05) is 0 Å². The SMILES string of the molecule is COc1nsc(NC(=O)N2C[C@H]3C[C@@H](N(C)c4ncnc5[nH]ccc45)C[C@H]3C2)n1.O=S(=O)(O)O. The van der Waals surface area contributed by atoms with Crippen molar-refractivity contribution in [2.24, 2.45) is 11.8 Å². The quantitative estimate of drug-likeness (QED) is 0.371. The second-order valence-corrected chi connectivity index (χ2v) is 9.71. The van der Waals surface area contributed by atoms with Crippen LogP contribution in [0.1, 0.15) is 12.8 Å². The zero-order valence-corrected chi connectivity index (χ0v) is 20.0. The number of aromatic nitrogens is 5. The molecule has 4 N–H and O–H groups in total. The van der Waals surface area contributed by atoms with Crippen molar-refractivity contribution < 1.29 is 27.1 Å². The van der Waals surface area contributed by atoms with Crippen molar-refractivity contribution in [1.82, 2.24) is 29.2 Å². The van der Waals surface area contributed by atoms with Gasteiger partial charge in [0.2, 0.25) is 5.13 Å². The van der Waals surface area contributed by atoms with Gasteiger partial charge in [0.15, 0.2) is 0 Å². The van der Waals surface area contributed by atoms with Crippen molar-refractivity contribution in [3.8, 4) is 6.01 Å². The molecule has 0 radical (unpaired) electrons. The Morgan fingerprint density at radius 2 is 1.97 bits per heavy atom. The Morgan fingerprint density at radius 1 is 1.29 bits per heavy atom. The number of carbonyl (C=O) groups excluding carboxylic acids is 1. The van der Waals surface area contributed by atoms with Crippen molar-refractivity contribution in [1.29, 1.82) is 0 Å². The second kappa shape index (κ2) is 9.65. The van der Waals surface area contributed by atoms with Gasteiger partial charge < -0.3 is 19.5 Å². The molecule has 34 heavy (non-hydrogen) atoms. The van der Waals surface area contributed by atoms with Gasteiger partial charge in [0.1, 0.15) is 17.8 Å². The van der Waals surface area contributed by atoms with Crippen molar-refractivity contribution in [3.63, 3.8) is 0 Å². The Kier molecular flexibility index (Phi) is 6.83. The van der Waals surface area contributed by atoms with Crippen LogP contribution in [0.25, 0.3) is 11.0 Å². The molecule has 2 aliphatic rings. The molecule has 1 aliphatic heterocycles. The summed E-state index contributed by atoms with van der Waals surface area (Å²) in [6.07, 6.45) is 5.60. The number of ether oxygens (including phenoxy) is 1. The van der Waals surface area contributed by atoms with Crippen LogP contribution >= 0.6 is 11.5 Å². The van der Waals surface area contributed by atoms with E-state index in [0.29, 0.717) is 23.0 Å². The number of rotatable bonds is 4. The Labute approximate surface area is 199 Å². The van der Waals surface area contributed by atoms with E-state index in [0.717, 1.165) is 54.3 Å². The molecule has 2 fully saturated rings. The lowest BCUT2D eigenvalue weighted by Gasteiger charge is -2.27. The predicted molar refractivity (Wildman–Crippen MR) is 124 cm³/mol. The van der Waals surface area contributed by atoms with Gasteiger partial charge in [-0.15, -0.1) is 4.37 Å². The fourth-order valence-corrected chi connectivity index (χ4v) is 5.11. The molecule has 5 rings (SSSR count). The molecule has 0 unspecified atom stereocenters. The molecule has 3 aromatic heterocycles. The summed E-state index contributed by atoms with van der Waals surface area (Å²) in [6, 6.07) is 2.59. The summed E-state index contributed by atoms with van der Waals surface area (Å²) in [4.78, 5) is 32.8. The molecule has 184 valence electrons. The first-order valence-corrected chi connectivity index (χ1v) is 12.4. The topological polar surface area (TPSA) is 187 Å². The third-order valence-corrected chi connectivity index (χ3v) is 6.65. The summed E-state index contributed by atoms with van der Waals surface area (Å²) >= 11 is 1.12. The number of nitrogens with one attached hydrogen (secondary N) is 2. The number of urea groups is 1. The van der Waals surface area contributed by atoms with Crippen molar-refractivity contribution in [2.75, 3.05) is 37.5 Å². The normalized spacial score (nSPS) is 21.6. The van der Waals surface area contributed by atoms with E-state index < -0.39 is 10.4 Å². The van der Waals surface area contributed by atoms with Crippen molar-refractivity contribution >= 4 is 49.9 Å². The molecule has 3 aromatic rings. The number of nitrogens with zero attached hydrogens (tertiary/aromatic N) is 6. The van der Waals surface area contributed by atoms with Crippen LogP contribution in [0.15, 0.2) is 18.6 Å². The zero-order valence-electron chi connectivity index (χ0n) is 18.3. The lowest BCUT2D eigenvalue weighted by Crippen LogP contribution is -2.36. The first kappa shape index (κ1) is 24.1. The number of H-pyrrole nitrogens is 1. The number of fused-ring (bicyclic) bond motifs is 2. The zero-order chi connectivity index (χ0) is 24.5. The predicted octanol–water partition coefficient (Wildman–Crippen LogP) is 1.54. The molecule has 1 saturated heterocycles. The minimum absolute atomic E-state index is 0.118. The van der Waals surface area contributed by atoms with E-state index in [1.165, 1.54) is 7.11 Å². The van der Waals surface area contributed by atoms with Gasteiger partial charge in [-0.2, -0.15) is 13.4 Å². The minimum atomic E-state index is -4.67. The number of likely N-dealkylation sites (tertiary alicyclic amines) is 1. The van der Waals surface area contributed by atoms with Gasteiger partial charge >= 0.3 is 22.4 Å². The van der Waals surface area contributed by atoms with E-state index in [1.807, 2.05) is 17.2 Å². The van der Waals surface area contributed by atoms with E-state index >= 15 is 0 Å². The highest BCUT2D eigenvalue weighted by atomic mass is 32.3. The molecule has 0 aromatic carbocycles. The summed E-state index contributed by atoms with van der Waals surface area (Å²) < 4.78 is 40.6. The van der Waals surface area contributed by atoms with Gasteiger partial charge in [-0.3, -0.25) is 14.4 Å². The number of hydrogen-bond donors (Lipinski definition) is 4. The molecule has 1 saturated carbocycles. The third kappa shape index (κ3) is 5.52. The minimum Gasteiger partial charge on any atom is -0.466 e. The van der Waals surface area contributed by atoms with E-state index in [1.54, 1.807) is 6.33 Å². The molecule has 1 aliphatic carbocycles. The fraction of sp³-hybridized carbons (Fsp3) is 0.500. The molecule has 16 heteroatoms. The van der Waals surface area contributed by atoms with Crippen LogP contribution in [0.5, 0.6) is 6.01 Å². The average molecular weight is 513 g/mol. The molecule has 3 atom stereocenters. The van der Waals surface area contributed by atoms with Crippen molar-refractivity contribution in [3.05, 3.63) is 18.6 Å². The largest absolute Gasteiger partial charge is 0.466 e. The fourth-order valence-electron chi connectivity index (χ4n) is 4.58. The maximum atomic E-state index is 12.6. The molecule has 0 bridgehead atoms. The number of aromatic amines is 1. The van der Waals surface area contributed by atoms with E-state index in [4.69, 9.17) is 22.3 Å². The monoisotopic (exact) mass is 512 g/mol. The lowest BCUT2D eigenvalue weighted by atomic mass is 10.0. The van der Waals surface area contributed by atoms with Gasteiger partial charge in [0, 0.05) is 43.9 Å². The molecule has 14 nitrogen and oxygen atoms in total. The van der Waals surface area contributed by atoms with Gasteiger partial charge in [-0.25, -0.2) is 14.8 Å². The first-order valence-electron chi connectivity index (χ1n) is 10.3. The van der Waals surface area contributed by atoms with Gasteiger partial charge in [0.25, 0.3) is 0 Å². The maximum Gasteiger partial charge on any atom is 0.394 e. The van der Waals surface area contributed by atoms with Gasteiger partial charge in [0.05, 0.1) is 12.5 Å². The highest BCUT2D eigenvalue weighted by molar-refractivity contribution is 7.79. The lowest BCUT2D eigenvalue weighted by molar-refractivity contribution is 0.218. The Balaban J connectivity index is 0.000000499. The molecule has 4 heterocycles. The summed E-state index contributed by atoms with van der Waals surface area (Å²) in [5.74, 6) is 1.96. The van der Waals surface area contributed by atoms with Crippen LogP contribution in [0.3, 0.4) is 0 Å². The van der Waals surface area contributed by atoms with Gasteiger partial charge in [-0.05, 0) is 30.7 Å². The molecular weight excluding hydrogens is 488 g/mol. The average Bonchev–Trinajstić information content (AvgIpc) is 3.53. The standard InChI is InChI=1S/C18H22N8O2S.H2O4S/c1-25(15-13-3-4-19-14(13)20-9-21-15)12-5-10-7-26(8-11(10)6-12)18(27)23-17-22-16(28-2)24-29-17;1-5(2,3)4/h3-4,9-12H,5-8H2,1-2H3,(H,19,20,21)(H,22,23,24,27);(H2,1,2,3,4)/t10-,11+,12-;. The first-order chi connectivity index (χ1) is 16.1. The van der Waals surface area contributed by atoms with E-state index in [-0.39, 0.29) is 12.0 Å². The van der Waals surface area contributed by atoms with Crippen LogP contribution < -0.4 is 15.0 Å². The molecular formula is C18H24N8O6S2. The highest BCUT2D eigenvalue weighted by Gasteiger charge is 2.44. The number of carbonyl (C=O) groups is 1. The Hall–Kier alpha value is -3.08. The highest BCUT2D eigenvalue weighted by Crippen LogP contribution is 2.41. The third-order valence-electron chi connectivity index (χ3n) is 6.03. The maximum absolute atomic E-state index is 12.6. The Bertz CT molecular complexity index is 1240. The van der Waals surface area contributed by atoms with Crippen LogP contribution in [0, 0.1) is 11.8 Å². The summed E-state index contributed by atoms with van der Waals surface area (Å²) in [6.45, 7) is 1.53. The Morgan fingerprint density at radius 3 is 2.59 bits per heavy atom. The second-order valence-electron chi connectivity index (χ2n) is 8.06. The van der Waals surface area contributed by atoms with E-state index in [9.17, 15) is 4.79 Å². The van der Waals surface area contributed by atoms with Crippen LogP contribution in [-0.4, -0.2) is 86.1 Å². The summed E-state index contributed by atoms with van der Waals surface area (Å²) in [5, 5.41) is 4.33. The van der Waals surface area contributed by atoms with Crippen LogP contribution in [0.2, 0.25) is 0 Å². The molecule has 0 spiro atoms. The number of methoxy groups -OCH3 is 1. The molecule has 2 amide bonds. The number of anilines is 2. The number of amides is 2. The van der Waals surface area contributed by atoms with Crippen molar-refractivity contribution in [2.45, 2.75) is 18.9 Å². The summed E-state index contributed by atoms with van der Waals surface area (Å²) in [5.41, 5.74) is 0.858. The summed E-state index contributed by atoms with van der Waals surface area (Å²) in [7, 11) is -1.06. The van der Waals surface area contributed by atoms with Crippen LogP contribution in [-0.2, 0) is 10.4 Å². The van der Waals surface area contributed by atoms with Crippen LogP contribution in [0.4, 0.5) is 15.7 Å². The smallest absolute Gasteiger partial charge is 0.394 e. The van der Waals surface area contributed by atoms with E-state index in [2.05, 4.69) is 41.6 Å².